The summed E-state index contributed by atoms with van der Waals surface area (Å²) in [5.41, 5.74) is 4.65. The van der Waals surface area contributed by atoms with Gasteiger partial charge < -0.3 is 19.4 Å². The number of carbonyl (C=O) groups is 3. The number of hydrogen-bond acceptors (Lipinski definition) is 6. The van der Waals surface area contributed by atoms with Crippen LogP contribution >= 0.6 is 0 Å². The van der Waals surface area contributed by atoms with Crippen LogP contribution in [0, 0.1) is 6.57 Å². The van der Waals surface area contributed by atoms with Gasteiger partial charge in [-0.3, -0.25) is 14.6 Å². The summed E-state index contributed by atoms with van der Waals surface area (Å²) in [6.45, 7) is 10.4. The SMILES string of the molecule is [C-]#[N+]C(=C1CCN(C(=O)C(=O)c2c[nH]c3c(-c4cccc(C(=O)OCC)c4)ncc(OC)c23)CC1)c1ccccc1. The topological polar surface area (TPSA) is 106 Å². The third-order valence-electron chi connectivity index (χ3n) is 7.13. The predicted molar refractivity (Wildman–Crippen MR) is 154 cm³/mol. The molecule has 9 heteroatoms. The zero-order valence-electron chi connectivity index (χ0n) is 22.8. The third-order valence-corrected chi connectivity index (χ3v) is 7.13. The quantitative estimate of drug-likeness (QED) is 0.140. The zero-order valence-corrected chi connectivity index (χ0v) is 22.8. The third kappa shape index (κ3) is 5.32. The number of esters is 1. The van der Waals surface area contributed by atoms with Crippen LogP contribution in [-0.4, -0.2) is 59.3 Å². The molecule has 1 aliphatic heterocycles. The number of nitrogens with zero attached hydrogens (tertiary/aromatic N) is 3. The van der Waals surface area contributed by atoms with Crippen molar-refractivity contribution in [3.05, 3.63) is 101 Å². The molecule has 0 atom stereocenters. The first-order chi connectivity index (χ1) is 20.0. The average molecular weight is 549 g/mol. The molecule has 0 radical (unpaired) electrons. The summed E-state index contributed by atoms with van der Waals surface area (Å²) in [5, 5.41) is 0.439. The molecule has 0 unspecified atom stereocenters. The van der Waals surface area contributed by atoms with Crippen LogP contribution < -0.4 is 4.74 Å². The van der Waals surface area contributed by atoms with Crippen LogP contribution in [-0.2, 0) is 9.53 Å². The number of carbonyl (C=O) groups excluding carboxylic acids is 3. The number of likely N-dealkylation sites (tertiary alicyclic amines) is 1. The van der Waals surface area contributed by atoms with Gasteiger partial charge in [0, 0.05) is 24.8 Å². The predicted octanol–water partition coefficient (Wildman–Crippen LogP) is 5.55. The summed E-state index contributed by atoms with van der Waals surface area (Å²) >= 11 is 0. The van der Waals surface area contributed by atoms with Crippen LogP contribution in [0.15, 0.2) is 72.6 Å². The summed E-state index contributed by atoms with van der Waals surface area (Å²) in [5.74, 6) is -1.37. The zero-order chi connectivity index (χ0) is 28.9. The van der Waals surface area contributed by atoms with E-state index in [0.717, 1.165) is 11.1 Å². The second-order valence-corrected chi connectivity index (χ2v) is 9.48. The molecule has 1 aliphatic rings. The average Bonchev–Trinajstić information content (AvgIpc) is 3.47. The van der Waals surface area contributed by atoms with E-state index in [1.807, 2.05) is 30.3 Å². The maximum atomic E-state index is 13.5. The molecule has 0 saturated carbocycles. The fourth-order valence-electron chi connectivity index (χ4n) is 5.10. The number of ether oxygens (including phenoxy) is 2. The molecule has 41 heavy (non-hydrogen) atoms. The van der Waals surface area contributed by atoms with E-state index < -0.39 is 17.7 Å². The Morgan fingerprint density at radius 3 is 2.46 bits per heavy atom. The Kier molecular flexibility index (Phi) is 7.92. The maximum Gasteiger partial charge on any atom is 0.338 e. The highest BCUT2D eigenvalue weighted by atomic mass is 16.5. The normalized spacial score (nSPS) is 13.0. The van der Waals surface area contributed by atoms with Crippen molar-refractivity contribution in [2.24, 2.45) is 0 Å². The summed E-state index contributed by atoms with van der Waals surface area (Å²) < 4.78 is 10.6. The summed E-state index contributed by atoms with van der Waals surface area (Å²) in [7, 11) is 1.47. The van der Waals surface area contributed by atoms with Gasteiger partial charge in [0.25, 0.3) is 11.7 Å². The first-order valence-electron chi connectivity index (χ1n) is 13.3. The van der Waals surface area contributed by atoms with Crippen LogP contribution in [0.25, 0.3) is 32.7 Å². The van der Waals surface area contributed by atoms with Crippen LogP contribution in [0.4, 0.5) is 0 Å². The van der Waals surface area contributed by atoms with Gasteiger partial charge in [-0.25, -0.2) is 9.64 Å². The Bertz CT molecular complexity index is 1710. The Morgan fingerprint density at radius 1 is 1.05 bits per heavy atom. The van der Waals surface area contributed by atoms with Crippen LogP contribution in [0.5, 0.6) is 5.75 Å². The molecule has 1 fully saturated rings. The minimum Gasteiger partial charge on any atom is -0.494 e. The van der Waals surface area contributed by atoms with Crippen molar-refractivity contribution >= 4 is 34.3 Å². The van der Waals surface area contributed by atoms with Crippen molar-refractivity contribution in [2.75, 3.05) is 26.8 Å². The smallest absolute Gasteiger partial charge is 0.338 e. The van der Waals surface area contributed by atoms with E-state index in [2.05, 4.69) is 14.8 Å². The number of fused-ring (bicyclic) bond motifs is 1. The molecule has 1 saturated heterocycles. The number of Topliss-reactive ketones (excluding diaryl/α,β-unsaturated/α-hetero) is 1. The van der Waals surface area contributed by atoms with E-state index >= 15 is 0 Å². The number of ketones is 1. The minimum atomic E-state index is -0.659. The van der Waals surface area contributed by atoms with E-state index in [4.69, 9.17) is 16.0 Å². The van der Waals surface area contributed by atoms with Crippen molar-refractivity contribution in [1.29, 1.82) is 0 Å². The molecule has 3 heterocycles. The molecular formula is C32H28N4O5. The number of methoxy groups -OCH3 is 1. The Morgan fingerprint density at radius 2 is 1.78 bits per heavy atom. The number of pyridine rings is 1. The summed E-state index contributed by atoms with van der Waals surface area (Å²) in [4.78, 5) is 52.1. The largest absolute Gasteiger partial charge is 0.494 e. The van der Waals surface area contributed by atoms with Gasteiger partial charge in [-0.15, -0.1) is 0 Å². The van der Waals surface area contributed by atoms with Crippen molar-refractivity contribution < 1.29 is 23.9 Å². The van der Waals surface area contributed by atoms with E-state index in [9.17, 15) is 14.4 Å². The van der Waals surface area contributed by atoms with Gasteiger partial charge in [0.15, 0.2) is 5.70 Å². The Labute approximate surface area is 237 Å². The van der Waals surface area contributed by atoms with Gasteiger partial charge in [0.2, 0.25) is 0 Å². The first kappa shape index (κ1) is 27.3. The van der Waals surface area contributed by atoms with Gasteiger partial charge in [-0.1, -0.05) is 48.0 Å². The number of aromatic amines is 1. The molecule has 0 bridgehead atoms. The van der Waals surface area contributed by atoms with Crippen LogP contribution in [0.3, 0.4) is 0 Å². The highest BCUT2D eigenvalue weighted by Crippen LogP contribution is 2.35. The van der Waals surface area contributed by atoms with Gasteiger partial charge in [-0.2, -0.15) is 0 Å². The molecule has 1 N–H and O–H groups in total. The lowest BCUT2D eigenvalue weighted by Gasteiger charge is -2.28. The van der Waals surface area contributed by atoms with E-state index in [1.54, 1.807) is 31.2 Å². The molecule has 206 valence electrons. The highest BCUT2D eigenvalue weighted by molar-refractivity contribution is 6.45. The summed E-state index contributed by atoms with van der Waals surface area (Å²) in [6, 6.07) is 16.4. The van der Waals surface area contributed by atoms with Gasteiger partial charge in [0.1, 0.15) is 5.75 Å². The molecule has 0 aliphatic carbocycles. The number of piperidine rings is 1. The van der Waals surface area contributed by atoms with Gasteiger partial charge in [0.05, 0.1) is 54.2 Å². The fourth-order valence-corrected chi connectivity index (χ4v) is 5.10. The number of benzene rings is 2. The number of H-pyrrole nitrogens is 1. The lowest BCUT2D eigenvalue weighted by atomic mass is 9.97. The second kappa shape index (κ2) is 11.9. The highest BCUT2D eigenvalue weighted by Gasteiger charge is 2.30. The van der Waals surface area contributed by atoms with E-state index in [1.165, 1.54) is 24.4 Å². The number of amides is 1. The van der Waals surface area contributed by atoms with Crippen molar-refractivity contribution in [1.82, 2.24) is 14.9 Å². The van der Waals surface area contributed by atoms with E-state index in [-0.39, 0.29) is 12.2 Å². The standard InChI is InChI=1S/C32H28N4O5/c1-4-41-32(39)23-12-8-11-22(17-23)28-29-26(25(40-3)19-35-28)24(18-34-29)30(37)31(38)36-15-13-21(14-16-36)27(33-2)20-9-6-5-7-10-20/h5-12,17-19,34H,4,13-16H2,1,3H3. The molecule has 9 nitrogen and oxygen atoms in total. The second-order valence-electron chi connectivity index (χ2n) is 9.48. The van der Waals surface area contributed by atoms with Crippen molar-refractivity contribution in [2.45, 2.75) is 19.8 Å². The monoisotopic (exact) mass is 548 g/mol. The molecule has 2 aromatic carbocycles. The molecule has 0 spiro atoms. The molecule has 1 amide bonds. The Balaban J connectivity index is 1.42. The molecular weight excluding hydrogens is 520 g/mol. The number of aromatic nitrogens is 2. The van der Waals surface area contributed by atoms with Crippen LogP contribution in [0.1, 0.15) is 46.0 Å². The van der Waals surface area contributed by atoms with Crippen molar-refractivity contribution in [3.8, 4) is 17.0 Å². The lowest BCUT2D eigenvalue weighted by Crippen LogP contribution is -2.40. The van der Waals surface area contributed by atoms with Gasteiger partial charge in [-0.05, 0) is 37.5 Å². The lowest BCUT2D eigenvalue weighted by molar-refractivity contribution is -0.126. The molecule has 2 aromatic heterocycles. The molecule has 5 rings (SSSR count). The number of hydrogen-bond donors (Lipinski definition) is 1. The van der Waals surface area contributed by atoms with Crippen LogP contribution in [0.2, 0.25) is 0 Å². The van der Waals surface area contributed by atoms with E-state index in [0.29, 0.717) is 65.1 Å². The number of rotatable bonds is 7. The maximum absolute atomic E-state index is 13.5. The number of nitrogens with one attached hydrogen (secondary N) is 1. The molecule has 4 aromatic rings. The fraction of sp³-hybridized carbons (Fsp3) is 0.219. The first-order valence-corrected chi connectivity index (χ1v) is 13.3. The van der Waals surface area contributed by atoms with Gasteiger partial charge >= 0.3 is 5.97 Å². The Hall–Kier alpha value is -5.23. The minimum absolute atomic E-state index is 0.180. The van der Waals surface area contributed by atoms with Crippen molar-refractivity contribution in [3.63, 3.8) is 0 Å². The summed E-state index contributed by atoms with van der Waals surface area (Å²) in [6.07, 6.45) is 4.04.